The van der Waals surface area contributed by atoms with Gasteiger partial charge < -0.3 is 5.11 Å². The van der Waals surface area contributed by atoms with Crippen molar-refractivity contribution in [2.24, 2.45) is 11.8 Å². The molecule has 0 spiro atoms. The molecule has 0 bridgehead atoms. The molecule has 1 N–H and O–H groups in total. The largest absolute Gasteiger partial charge is 0.481 e. The first-order chi connectivity index (χ1) is 4.70. The maximum atomic E-state index is 10.5. The summed E-state index contributed by atoms with van der Waals surface area (Å²) in [6.07, 6.45) is 4.08. The van der Waals surface area contributed by atoms with Gasteiger partial charge in [-0.2, -0.15) is 0 Å². The summed E-state index contributed by atoms with van der Waals surface area (Å²) in [6.45, 7) is 2.13. The van der Waals surface area contributed by atoms with Crippen LogP contribution < -0.4 is 0 Å². The monoisotopic (exact) mass is 172 g/mol. The van der Waals surface area contributed by atoms with E-state index < -0.39 is 5.97 Å². The first kappa shape index (κ1) is 11.0. The van der Waals surface area contributed by atoms with E-state index in [2.05, 4.69) is 6.92 Å². The van der Waals surface area contributed by atoms with E-state index in [4.69, 9.17) is 5.11 Å². The van der Waals surface area contributed by atoms with E-state index in [-0.39, 0.29) is 23.3 Å². The minimum absolute atomic E-state index is 0. The van der Waals surface area contributed by atoms with Crippen molar-refractivity contribution in [2.75, 3.05) is 0 Å². The van der Waals surface area contributed by atoms with Crippen molar-refractivity contribution in [1.82, 2.24) is 0 Å². The second kappa shape index (κ2) is 4.79. The van der Waals surface area contributed by atoms with Crippen molar-refractivity contribution in [3.8, 4) is 0 Å². The fourth-order valence-electron chi connectivity index (χ4n) is 1.66. The molecule has 1 fully saturated rings. The Bertz CT molecular complexity index is 136. The average molecular weight is 172 g/mol. The molecule has 3 heteroatoms. The smallest absolute Gasteiger partial charge is 0.306 e. The van der Waals surface area contributed by atoms with Crippen LogP contribution in [-0.4, -0.2) is 28.4 Å². The van der Waals surface area contributed by atoms with Gasteiger partial charge in [0.05, 0.1) is 5.92 Å². The second-order valence-corrected chi connectivity index (χ2v) is 3.31. The van der Waals surface area contributed by atoms with Crippen molar-refractivity contribution >= 4 is 23.3 Å². The molecule has 0 radical (unpaired) electrons. The molecule has 0 amide bonds. The van der Waals surface area contributed by atoms with Gasteiger partial charge in [0.1, 0.15) is 0 Å². The predicted octanol–water partition coefficient (Wildman–Crippen LogP) is 0.713. The number of carbonyl (C=O) groups is 1. The van der Waals surface area contributed by atoms with Crippen molar-refractivity contribution in [3.05, 3.63) is 0 Å². The average Bonchev–Trinajstić information content (AvgIpc) is 1.88. The van der Waals surface area contributed by atoms with Gasteiger partial charge in [-0.25, -0.2) is 0 Å². The van der Waals surface area contributed by atoms with E-state index in [0.29, 0.717) is 5.92 Å². The van der Waals surface area contributed by atoms with Gasteiger partial charge in [-0.1, -0.05) is 19.8 Å². The zero-order chi connectivity index (χ0) is 7.56. The lowest BCUT2D eigenvalue weighted by Gasteiger charge is -2.22. The third-order valence-corrected chi connectivity index (χ3v) is 2.29. The molecule has 1 aliphatic rings. The van der Waals surface area contributed by atoms with Crippen molar-refractivity contribution in [2.45, 2.75) is 32.6 Å². The molecule has 11 heavy (non-hydrogen) atoms. The minimum atomic E-state index is -0.605. The highest BCUT2D eigenvalue weighted by Gasteiger charge is 2.23. The zero-order valence-corrected chi connectivity index (χ0v) is 6.34. The van der Waals surface area contributed by atoms with Gasteiger partial charge >= 0.3 is 5.97 Å². The lowest BCUT2D eigenvalue weighted by Crippen LogP contribution is -2.20. The summed E-state index contributed by atoms with van der Waals surface area (Å²) in [6, 6.07) is 0. The van der Waals surface area contributed by atoms with E-state index in [0.717, 1.165) is 19.3 Å². The van der Waals surface area contributed by atoms with Gasteiger partial charge in [0.25, 0.3) is 0 Å². The Morgan fingerprint density at radius 1 is 1.45 bits per heavy atom. The Kier molecular flexibility index (Phi) is 4.80. The number of aliphatic carboxylic acids is 1. The fraction of sp³-hybridized carbons (Fsp3) is 0.875. The van der Waals surface area contributed by atoms with Crippen LogP contribution in [0.2, 0.25) is 0 Å². The maximum absolute atomic E-state index is 10.5. The molecule has 0 aromatic carbocycles. The quantitative estimate of drug-likeness (QED) is 0.591. The number of carboxylic acid groups (broad SMARTS) is 1. The number of rotatable bonds is 1. The van der Waals surface area contributed by atoms with Gasteiger partial charge in [-0.3, -0.25) is 4.79 Å². The molecule has 1 rings (SSSR count). The molecular formula is C8H17AlO2. The minimum Gasteiger partial charge on any atom is -0.481 e. The molecule has 0 aromatic heterocycles. The summed E-state index contributed by atoms with van der Waals surface area (Å²) in [7, 11) is 0. The van der Waals surface area contributed by atoms with Crippen LogP contribution in [0.3, 0.4) is 0 Å². The number of hydrogen-bond donors (Lipinski definition) is 1. The van der Waals surface area contributed by atoms with E-state index >= 15 is 0 Å². The van der Waals surface area contributed by atoms with E-state index in [1.165, 1.54) is 6.42 Å². The Hall–Kier alpha value is 0.00247. The molecule has 1 saturated carbocycles. The van der Waals surface area contributed by atoms with E-state index in [9.17, 15) is 4.79 Å². The SMILES string of the molecule is CC1CCCC(C(=O)O)C1.[AlH3]. The maximum Gasteiger partial charge on any atom is 0.306 e. The molecule has 2 atom stereocenters. The molecule has 2 nitrogen and oxygen atoms in total. The number of carboxylic acids is 1. The van der Waals surface area contributed by atoms with Gasteiger partial charge in [0.2, 0.25) is 0 Å². The standard InChI is InChI=1S/C8H14O2.Al.3H/c1-6-3-2-4-7(5-6)8(9)10;;;;/h6-7H,2-5H2,1H3,(H,9,10);;;;. The summed E-state index contributed by atoms with van der Waals surface area (Å²) >= 11 is 0. The van der Waals surface area contributed by atoms with E-state index in [1.807, 2.05) is 0 Å². The summed E-state index contributed by atoms with van der Waals surface area (Å²) in [4.78, 5) is 10.5. The lowest BCUT2D eigenvalue weighted by atomic mass is 9.83. The van der Waals surface area contributed by atoms with Crippen LogP contribution in [0.5, 0.6) is 0 Å². The van der Waals surface area contributed by atoms with Gasteiger partial charge in [0.15, 0.2) is 17.4 Å². The molecule has 1 aliphatic carbocycles. The molecule has 0 aromatic rings. The Labute approximate surface area is 78.1 Å². The van der Waals surface area contributed by atoms with Crippen LogP contribution in [0, 0.1) is 11.8 Å². The molecule has 0 heterocycles. The number of hydrogen-bond acceptors (Lipinski definition) is 1. The van der Waals surface area contributed by atoms with Gasteiger partial charge in [0, 0.05) is 0 Å². The Morgan fingerprint density at radius 2 is 2.09 bits per heavy atom. The highest BCUT2D eigenvalue weighted by atomic mass is 27.0. The zero-order valence-electron chi connectivity index (χ0n) is 6.34. The predicted molar refractivity (Wildman–Crippen MR) is 48.7 cm³/mol. The molecule has 0 aliphatic heterocycles. The van der Waals surface area contributed by atoms with Crippen LogP contribution in [0.1, 0.15) is 32.6 Å². The summed E-state index contributed by atoms with van der Waals surface area (Å²) in [5.74, 6) is -0.0369. The summed E-state index contributed by atoms with van der Waals surface area (Å²) in [5, 5.41) is 8.66. The molecule has 2 unspecified atom stereocenters. The fourth-order valence-corrected chi connectivity index (χ4v) is 1.66. The molecular weight excluding hydrogens is 155 g/mol. The van der Waals surface area contributed by atoms with Crippen molar-refractivity contribution < 1.29 is 9.90 Å². The normalized spacial score (nSPS) is 30.6. The first-order valence-electron chi connectivity index (χ1n) is 3.93. The third kappa shape index (κ3) is 3.27. The van der Waals surface area contributed by atoms with Crippen molar-refractivity contribution in [1.29, 1.82) is 0 Å². The third-order valence-electron chi connectivity index (χ3n) is 2.29. The van der Waals surface area contributed by atoms with Crippen LogP contribution in [0.4, 0.5) is 0 Å². The second-order valence-electron chi connectivity index (χ2n) is 3.31. The van der Waals surface area contributed by atoms with Gasteiger partial charge in [-0.15, -0.1) is 0 Å². The lowest BCUT2D eigenvalue weighted by molar-refractivity contribution is -0.143. The van der Waals surface area contributed by atoms with E-state index in [1.54, 1.807) is 0 Å². The van der Waals surface area contributed by atoms with Crippen LogP contribution in [0.15, 0.2) is 0 Å². The summed E-state index contributed by atoms with van der Waals surface area (Å²) in [5.41, 5.74) is 0. The highest BCUT2D eigenvalue weighted by molar-refractivity contribution is 5.75. The Balaban J connectivity index is 0.000001000. The van der Waals surface area contributed by atoms with Gasteiger partial charge in [-0.05, 0) is 18.8 Å². The van der Waals surface area contributed by atoms with Crippen LogP contribution in [0.25, 0.3) is 0 Å². The molecule has 64 valence electrons. The van der Waals surface area contributed by atoms with Crippen molar-refractivity contribution in [3.63, 3.8) is 0 Å². The Morgan fingerprint density at radius 3 is 2.45 bits per heavy atom. The highest BCUT2D eigenvalue weighted by Crippen LogP contribution is 2.28. The summed E-state index contributed by atoms with van der Waals surface area (Å²) < 4.78 is 0. The van der Waals surface area contributed by atoms with Crippen LogP contribution >= 0.6 is 0 Å². The van der Waals surface area contributed by atoms with Crippen LogP contribution in [-0.2, 0) is 4.79 Å². The topological polar surface area (TPSA) is 37.3 Å². The first-order valence-corrected chi connectivity index (χ1v) is 3.93. The molecule has 0 saturated heterocycles.